The number of fused-ring (bicyclic) bond motifs is 7. The molecule has 0 bridgehead atoms. The molecule has 0 saturated carbocycles. The smallest absolute Gasteiger partial charge is 0.143 e. The minimum Gasteiger partial charge on any atom is -0.455 e. The van der Waals surface area contributed by atoms with Gasteiger partial charge >= 0.3 is 0 Å². The molecule has 0 unspecified atom stereocenters. The van der Waals surface area contributed by atoms with E-state index in [4.69, 9.17) is 4.42 Å². The SMILES string of the molecule is c1ccc(N(c2ccc(-c3ccc4ccccc4c3)cc2)c2ccc(-c3cc4c5cccc(-c6ccc7ccccc7c6)c5oc4c4ccccc34)cc2)cc1. The zero-order chi connectivity index (χ0) is 37.0. The Morgan fingerprint density at radius 1 is 0.268 bits per heavy atom. The number of rotatable bonds is 6. The van der Waals surface area contributed by atoms with E-state index < -0.39 is 0 Å². The monoisotopic (exact) mass is 713 g/mol. The van der Waals surface area contributed by atoms with E-state index in [1.54, 1.807) is 0 Å². The van der Waals surface area contributed by atoms with Crippen LogP contribution >= 0.6 is 0 Å². The molecule has 0 spiro atoms. The van der Waals surface area contributed by atoms with E-state index in [0.29, 0.717) is 0 Å². The van der Waals surface area contributed by atoms with Gasteiger partial charge in [-0.25, -0.2) is 0 Å². The summed E-state index contributed by atoms with van der Waals surface area (Å²) < 4.78 is 6.85. The summed E-state index contributed by atoms with van der Waals surface area (Å²) in [4.78, 5) is 2.33. The van der Waals surface area contributed by atoms with Crippen molar-refractivity contribution in [2.45, 2.75) is 0 Å². The first-order valence-electron chi connectivity index (χ1n) is 19.2. The fourth-order valence-corrected chi connectivity index (χ4v) is 8.43. The van der Waals surface area contributed by atoms with E-state index in [-0.39, 0.29) is 0 Å². The summed E-state index contributed by atoms with van der Waals surface area (Å²) in [5, 5.41) is 9.48. The topological polar surface area (TPSA) is 16.4 Å². The predicted octanol–water partition coefficient (Wildman–Crippen LogP) is 15.5. The fourth-order valence-electron chi connectivity index (χ4n) is 8.43. The second-order valence-electron chi connectivity index (χ2n) is 14.5. The number of hydrogen-bond donors (Lipinski definition) is 0. The Morgan fingerprint density at radius 2 is 0.768 bits per heavy atom. The first kappa shape index (κ1) is 32.0. The second kappa shape index (κ2) is 13.2. The predicted molar refractivity (Wildman–Crippen MR) is 237 cm³/mol. The van der Waals surface area contributed by atoms with Crippen molar-refractivity contribution in [3.8, 4) is 33.4 Å². The zero-order valence-corrected chi connectivity index (χ0v) is 30.6. The molecule has 1 heterocycles. The molecule has 0 saturated heterocycles. The van der Waals surface area contributed by atoms with E-state index >= 15 is 0 Å². The van der Waals surface area contributed by atoms with Crippen molar-refractivity contribution >= 4 is 71.3 Å². The van der Waals surface area contributed by atoms with Crippen molar-refractivity contribution in [2.24, 2.45) is 0 Å². The molecule has 0 aliphatic rings. The van der Waals surface area contributed by atoms with Crippen molar-refractivity contribution in [3.05, 3.63) is 212 Å². The first-order valence-corrected chi connectivity index (χ1v) is 19.2. The van der Waals surface area contributed by atoms with Crippen molar-refractivity contribution in [3.63, 3.8) is 0 Å². The molecule has 0 aliphatic carbocycles. The minimum atomic E-state index is 0.917. The van der Waals surface area contributed by atoms with Crippen molar-refractivity contribution in [1.82, 2.24) is 0 Å². The van der Waals surface area contributed by atoms with Crippen LogP contribution in [-0.4, -0.2) is 0 Å². The van der Waals surface area contributed by atoms with Gasteiger partial charge in [-0.3, -0.25) is 0 Å². The van der Waals surface area contributed by atoms with Crippen LogP contribution in [0.5, 0.6) is 0 Å². The summed E-state index contributed by atoms with van der Waals surface area (Å²) in [7, 11) is 0. The van der Waals surface area contributed by atoms with Crippen molar-refractivity contribution in [1.29, 1.82) is 0 Å². The zero-order valence-electron chi connectivity index (χ0n) is 30.6. The molecular weight excluding hydrogens is 679 g/mol. The van der Waals surface area contributed by atoms with Crippen LogP contribution < -0.4 is 4.90 Å². The first-order chi connectivity index (χ1) is 27.7. The Kier molecular flexibility index (Phi) is 7.53. The van der Waals surface area contributed by atoms with E-state index in [1.807, 2.05) is 0 Å². The molecule has 0 amide bonds. The highest BCUT2D eigenvalue weighted by molar-refractivity contribution is 6.20. The van der Waals surface area contributed by atoms with Crippen molar-refractivity contribution < 1.29 is 4.42 Å². The van der Waals surface area contributed by atoms with Crippen LogP contribution in [0.4, 0.5) is 17.1 Å². The molecule has 1 aromatic heterocycles. The molecule has 0 aliphatic heterocycles. The largest absolute Gasteiger partial charge is 0.455 e. The van der Waals surface area contributed by atoms with Crippen LogP contribution in [0.3, 0.4) is 0 Å². The van der Waals surface area contributed by atoms with E-state index in [9.17, 15) is 0 Å². The van der Waals surface area contributed by atoms with Crippen LogP contribution in [-0.2, 0) is 0 Å². The summed E-state index contributed by atoms with van der Waals surface area (Å²) in [5.41, 5.74) is 12.2. The van der Waals surface area contributed by atoms with Gasteiger partial charge in [-0.1, -0.05) is 158 Å². The molecule has 0 atom stereocenters. The highest BCUT2D eigenvalue weighted by atomic mass is 16.3. The molecule has 10 aromatic carbocycles. The van der Waals surface area contributed by atoms with Gasteiger partial charge in [0.2, 0.25) is 0 Å². The van der Waals surface area contributed by atoms with Gasteiger partial charge < -0.3 is 9.32 Å². The van der Waals surface area contributed by atoms with E-state index in [2.05, 4.69) is 217 Å². The lowest BCUT2D eigenvalue weighted by molar-refractivity contribution is 0.674. The lowest BCUT2D eigenvalue weighted by atomic mass is 9.94. The third-order valence-electron chi connectivity index (χ3n) is 11.2. The third kappa shape index (κ3) is 5.42. The van der Waals surface area contributed by atoms with Gasteiger partial charge in [-0.05, 0) is 109 Å². The maximum Gasteiger partial charge on any atom is 0.143 e. The van der Waals surface area contributed by atoms with Gasteiger partial charge in [0.15, 0.2) is 0 Å². The summed E-state index contributed by atoms with van der Waals surface area (Å²) in [6.45, 7) is 0. The van der Waals surface area contributed by atoms with Crippen LogP contribution in [0.15, 0.2) is 217 Å². The molecule has 56 heavy (non-hydrogen) atoms. The Bertz CT molecular complexity index is 3230. The summed E-state index contributed by atoms with van der Waals surface area (Å²) in [6.07, 6.45) is 0. The normalized spacial score (nSPS) is 11.6. The average Bonchev–Trinajstić information content (AvgIpc) is 3.66. The molecule has 2 nitrogen and oxygen atoms in total. The number of anilines is 3. The standard InChI is InChI=1S/C54H35NO/c1-2-15-44(16-3-1)55(45-29-25-38(26-30-45)42-23-21-36-11-4-6-13-40(36)33-42)46-31-27-39(28-32-46)51-35-52-50-20-10-19-47(43-24-22-37-12-5-7-14-41(37)34-43)53(50)56-54(52)49-18-9-8-17-48(49)51/h1-35H. The van der Waals surface area contributed by atoms with Gasteiger partial charge in [-0.2, -0.15) is 0 Å². The minimum absolute atomic E-state index is 0.917. The number of nitrogens with zero attached hydrogens (tertiary/aromatic N) is 1. The van der Waals surface area contributed by atoms with E-state index in [1.165, 1.54) is 43.6 Å². The van der Waals surface area contributed by atoms with Crippen LogP contribution in [0.2, 0.25) is 0 Å². The number of hydrogen-bond acceptors (Lipinski definition) is 2. The Hall–Kier alpha value is -7.42. The van der Waals surface area contributed by atoms with Gasteiger partial charge in [0.1, 0.15) is 11.2 Å². The molecule has 11 rings (SSSR count). The average molecular weight is 714 g/mol. The summed E-state index contributed by atoms with van der Waals surface area (Å²) in [6, 6.07) is 76.3. The number of benzene rings is 10. The third-order valence-corrected chi connectivity index (χ3v) is 11.2. The lowest BCUT2D eigenvalue weighted by Gasteiger charge is -2.26. The Labute approximate surface area is 325 Å². The molecule has 0 N–H and O–H groups in total. The number of para-hydroxylation sites is 2. The molecule has 2 heteroatoms. The maximum atomic E-state index is 6.85. The molecule has 0 radical (unpaired) electrons. The summed E-state index contributed by atoms with van der Waals surface area (Å²) >= 11 is 0. The molecule has 11 aromatic rings. The van der Waals surface area contributed by atoms with E-state index in [0.717, 1.165) is 61.1 Å². The second-order valence-corrected chi connectivity index (χ2v) is 14.5. The van der Waals surface area contributed by atoms with Gasteiger partial charge in [-0.15, -0.1) is 0 Å². The highest BCUT2D eigenvalue weighted by Gasteiger charge is 2.19. The molecular formula is C54H35NO. The Morgan fingerprint density at radius 3 is 1.46 bits per heavy atom. The van der Waals surface area contributed by atoms with Crippen LogP contribution in [0.1, 0.15) is 0 Å². The van der Waals surface area contributed by atoms with Crippen LogP contribution in [0.25, 0.3) is 87.6 Å². The highest BCUT2D eigenvalue weighted by Crippen LogP contribution is 2.44. The van der Waals surface area contributed by atoms with Gasteiger partial charge in [0.05, 0.1) is 0 Å². The van der Waals surface area contributed by atoms with Gasteiger partial charge in [0, 0.05) is 38.8 Å². The van der Waals surface area contributed by atoms with Gasteiger partial charge in [0.25, 0.3) is 0 Å². The molecule has 0 fully saturated rings. The Balaban J connectivity index is 0.997. The summed E-state index contributed by atoms with van der Waals surface area (Å²) in [5.74, 6) is 0. The maximum absolute atomic E-state index is 6.85. The quantitative estimate of drug-likeness (QED) is 0.171. The van der Waals surface area contributed by atoms with Crippen molar-refractivity contribution in [2.75, 3.05) is 4.90 Å². The fraction of sp³-hybridized carbons (Fsp3) is 0. The lowest BCUT2D eigenvalue weighted by Crippen LogP contribution is -2.09. The molecule has 262 valence electrons. The number of furan rings is 1. The van der Waals surface area contributed by atoms with Crippen LogP contribution in [0, 0.1) is 0 Å².